The van der Waals surface area contributed by atoms with Crippen LogP contribution in [0.3, 0.4) is 0 Å². The molecule has 0 saturated heterocycles. The lowest BCUT2D eigenvalue weighted by Crippen LogP contribution is -2.07. The summed E-state index contributed by atoms with van der Waals surface area (Å²) in [7, 11) is 0. The largest absolute Gasteiger partial charge is 0.481 e. The number of aliphatic carboxylic acids is 1. The molecule has 2 aromatic rings. The molecule has 4 heteroatoms. The van der Waals surface area contributed by atoms with Crippen LogP contribution in [-0.4, -0.2) is 11.1 Å². The molecule has 1 atom stereocenters. The van der Waals surface area contributed by atoms with Crippen LogP contribution in [0.2, 0.25) is 0 Å². The lowest BCUT2D eigenvalue weighted by Gasteiger charge is -2.08. The van der Waals surface area contributed by atoms with Gasteiger partial charge in [-0.15, -0.1) is 0 Å². The van der Waals surface area contributed by atoms with Gasteiger partial charge in [0.1, 0.15) is 0 Å². The number of thiophene rings is 1. The first-order chi connectivity index (χ1) is 8.66. The number of rotatable bonds is 5. The smallest absolute Gasteiger partial charge is 0.310 e. The van der Waals surface area contributed by atoms with Gasteiger partial charge in [-0.2, -0.15) is 11.3 Å². The van der Waals surface area contributed by atoms with Crippen molar-refractivity contribution in [1.29, 1.82) is 0 Å². The molecule has 0 aliphatic carbocycles. The minimum absolute atomic E-state index is 0.455. The number of anilines is 1. The van der Waals surface area contributed by atoms with E-state index < -0.39 is 11.9 Å². The van der Waals surface area contributed by atoms with E-state index in [1.165, 1.54) is 0 Å². The van der Waals surface area contributed by atoms with Crippen molar-refractivity contribution >= 4 is 23.0 Å². The van der Waals surface area contributed by atoms with Gasteiger partial charge in [0, 0.05) is 17.6 Å². The Morgan fingerprint density at radius 2 is 2.06 bits per heavy atom. The molecule has 2 N–H and O–H groups in total. The molecular weight excluding hydrogens is 246 g/mol. The lowest BCUT2D eigenvalue weighted by atomic mass is 10.0. The van der Waals surface area contributed by atoms with Gasteiger partial charge in [-0.25, -0.2) is 0 Å². The third-order valence-corrected chi connectivity index (χ3v) is 3.55. The van der Waals surface area contributed by atoms with Gasteiger partial charge in [0.15, 0.2) is 0 Å². The first-order valence-corrected chi connectivity index (χ1v) is 6.69. The van der Waals surface area contributed by atoms with Crippen LogP contribution in [0.4, 0.5) is 5.69 Å². The number of hydrogen-bond donors (Lipinski definition) is 2. The van der Waals surface area contributed by atoms with Crippen molar-refractivity contribution in [2.45, 2.75) is 19.4 Å². The zero-order valence-corrected chi connectivity index (χ0v) is 10.9. The Labute approximate surface area is 110 Å². The molecule has 18 heavy (non-hydrogen) atoms. The Balaban J connectivity index is 1.97. The molecule has 0 aliphatic heterocycles. The Morgan fingerprint density at radius 1 is 1.33 bits per heavy atom. The van der Waals surface area contributed by atoms with Crippen molar-refractivity contribution in [1.82, 2.24) is 0 Å². The first-order valence-electron chi connectivity index (χ1n) is 5.74. The van der Waals surface area contributed by atoms with E-state index >= 15 is 0 Å². The molecule has 1 aromatic heterocycles. The summed E-state index contributed by atoms with van der Waals surface area (Å²) >= 11 is 1.66. The second-order valence-corrected chi connectivity index (χ2v) is 4.95. The van der Waals surface area contributed by atoms with Crippen LogP contribution in [-0.2, 0) is 11.3 Å². The average Bonchev–Trinajstić information content (AvgIpc) is 2.89. The number of carboxylic acid groups (broad SMARTS) is 1. The van der Waals surface area contributed by atoms with Gasteiger partial charge in [0.25, 0.3) is 0 Å². The molecule has 1 aromatic carbocycles. The van der Waals surface area contributed by atoms with E-state index in [2.05, 4.69) is 10.7 Å². The molecule has 2 rings (SSSR count). The lowest BCUT2D eigenvalue weighted by molar-refractivity contribution is -0.138. The van der Waals surface area contributed by atoms with Crippen molar-refractivity contribution in [2.75, 3.05) is 5.32 Å². The molecule has 1 unspecified atom stereocenters. The topological polar surface area (TPSA) is 49.3 Å². The fourth-order valence-electron chi connectivity index (χ4n) is 1.64. The molecule has 0 saturated carbocycles. The molecule has 0 fully saturated rings. The third kappa shape index (κ3) is 3.11. The number of benzene rings is 1. The van der Waals surface area contributed by atoms with Crippen LogP contribution >= 0.6 is 11.3 Å². The first kappa shape index (κ1) is 12.6. The van der Waals surface area contributed by atoms with Crippen molar-refractivity contribution < 1.29 is 9.90 Å². The monoisotopic (exact) mass is 261 g/mol. The fraction of sp³-hybridized carbons (Fsp3) is 0.214. The summed E-state index contributed by atoms with van der Waals surface area (Å²) in [5.41, 5.74) is 3.09. The van der Waals surface area contributed by atoms with E-state index in [1.807, 2.05) is 35.7 Å². The van der Waals surface area contributed by atoms with Gasteiger partial charge in [-0.1, -0.05) is 24.3 Å². The van der Waals surface area contributed by atoms with Gasteiger partial charge in [-0.3, -0.25) is 4.79 Å². The quantitative estimate of drug-likeness (QED) is 0.865. The summed E-state index contributed by atoms with van der Waals surface area (Å²) in [5, 5.41) is 16.3. The highest BCUT2D eigenvalue weighted by Gasteiger charge is 2.12. The van der Waals surface area contributed by atoms with Crippen LogP contribution in [0.25, 0.3) is 0 Å². The zero-order valence-electron chi connectivity index (χ0n) is 10.1. The molecule has 0 bridgehead atoms. The molecular formula is C14H15NO2S. The molecule has 3 nitrogen and oxygen atoms in total. The third-order valence-electron chi connectivity index (χ3n) is 2.87. The second-order valence-electron chi connectivity index (χ2n) is 4.17. The van der Waals surface area contributed by atoms with E-state index in [4.69, 9.17) is 5.11 Å². The summed E-state index contributed by atoms with van der Waals surface area (Å²) in [4.78, 5) is 10.9. The molecule has 0 radical (unpaired) electrons. The Morgan fingerprint density at radius 3 is 2.61 bits per heavy atom. The van der Waals surface area contributed by atoms with Crippen molar-refractivity contribution in [2.24, 2.45) is 0 Å². The fourth-order valence-corrected chi connectivity index (χ4v) is 2.25. The molecule has 0 amide bonds. The Hall–Kier alpha value is -1.81. The predicted molar refractivity (Wildman–Crippen MR) is 74.1 cm³/mol. The average molecular weight is 261 g/mol. The van der Waals surface area contributed by atoms with Gasteiger partial charge in [0.05, 0.1) is 5.92 Å². The maximum absolute atomic E-state index is 10.9. The van der Waals surface area contributed by atoms with Crippen LogP contribution in [0, 0.1) is 0 Å². The Bertz CT molecular complexity index is 505. The molecule has 1 heterocycles. The summed E-state index contributed by atoms with van der Waals surface area (Å²) in [6.45, 7) is 2.44. The minimum Gasteiger partial charge on any atom is -0.481 e. The second kappa shape index (κ2) is 5.69. The van der Waals surface area contributed by atoms with E-state index in [0.717, 1.165) is 23.4 Å². The minimum atomic E-state index is -0.792. The SMILES string of the molecule is CC(C(=O)O)c1ccc(CNc2ccsc2)cc1. The summed E-state index contributed by atoms with van der Waals surface area (Å²) < 4.78 is 0. The number of carboxylic acids is 1. The standard InChI is InChI=1S/C14H15NO2S/c1-10(14(16)17)12-4-2-11(3-5-12)8-15-13-6-7-18-9-13/h2-7,9-10,15H,8H2,1H3,(H,16,17). The number of carbonyl (C=O) groups is 1. The highest BCUT2D eigenvalue weighted by molar-refractivity contribution is 7.08. The number of nitrogens with one attached hydrogen (secondary N) is 1. The summed E-state index contributed by atoms with van der Waals surface area (Å²) in [6.07, 6.45) is 0. The molecule has 0 aliphatic rings. The summed E-state index contributed by atoms with van der Waals surface area (Å²) in [6, 6.07) is 9.72. The van der Waals surface area contributed by atoms with E-state index in [9.17, 15) is 4.79 Å². The highest BCUT2D eigenvalue weighted by atomic mass is 32.1. The highest BCUT2D eigenvalue weighted by Crippen LogP contribution is 2.17. The van der Waals surface area contributed by atoms with Crippen LogP contribution in [0.5, 0.6) is 0 Å². The van der Waals surface area contributed by atoms with Crippen molar-refractivity contribution in [3.8, 4) is 0 Å². The van der Waals surface area contributed by atoms with E-state index in [1.54, 1.807) is 18.3 Å². The van der Waals surface area contributed by atoms with Gasteiger partial charge in [0.2, 0.25) is 0 Å². The van der Waals surface area contributed by atoms with Gasteiger partial charge < -0.3 is 10.4 Å². The van der Waals surface area contributed by atoms with Gasteiger partial charge in [-0.05, 0) is 29.5 Å². The van der Waals surface area contributed by atoms with Crippen LogP contribution in [0.15, 0.2) is 41.1 Å². The normalized spacial score (nSPS) is 12.1. The maximum atomic E-state index is 10.9. The zero-order chi connectivity index (χ0) is 13.0. The number of hydrogen-bond acceptors (Lipinski definition) is 3. The van der Waals surface area contributed by atoms with Gasteiger partial charge >= 0.3 is 5.97 Å². The Kier molecular flexibility index (Phi) is 3.99. The van der Waals surface area contributed by atoms with E-state index in [0.29, 0.717) is 0 Å². The summed E-state index contributed by atoms with van der Waals surface area (Å²) in [5.74, 6) is -1.25. The van der Waals surface area contributed by atoms with Crippen LogP contribution < -0.4 is 5.32 Å². The van der Waals surface area contributed by atoms with Crippen molar-refractivity contribution in [3.63, 3.8) is 0 Å². The molecule has 0 spiro atoms. The van der Waals surface area contributed by atoms with Crippen LogP contribution in [0.1, 0.15) is 24.0 Å². The van der Waals surface area contributed by atoms with Crippen molar-refractivity contribution in [3.05, 3.63) is 52.2 Å². The van der Waals surface area contributed by atoms with E-state index in [-0.39, 0.29) is 0 Å². The maximum Gasteiger partial charge on any atom is 0.310 e. The molecule has 94 valence electrons. The predicted octanol–water partition coefficient (Wildman–Crippen LogP) is 3.55.